The van der Waals surface area contributed by atoms with E-state index in [0.717, 1.165) is 5.92 Å². The fourth-order valence-corrected chi connectivity index (χ4v) is 2.44. The van der Waals surface area contributed by atoms with Crippen LogP contribution in [0.1, 0.15) is 73.1 Å². The van der Waals surface area contributed by atoms with Gasteiger partial charge in [-0.1, -0.05) is 69.1 Å². The maximum atomic E-state index is 2.43. The third-order valence-corrected chi connectivity index (χ3v) is 3.23. The van der Waals surface area contributed by atoms with E-state index in [0.29, 0.717) is 0 Å². The normalized spacial score (nSPS) is 19.1. The fraction of sp³-hybridized carbons (Fsp3) is 0.667. The standard InChI is InChI=1S/C16H26.C2H6/c1-4-6-8-10-16-12-14(3)11-15(13-16)9-7-5-2;1-2/h5,7,11-12,15H,4,6,8-10,13H2,1-3H3;1-2H3. The highest BCUT2D eigenvalue weighted by molar-refractivity contribution is 5.28. The van der Waals surface area contributed by atoms with E-state index in [-0.39, 0.29) is 0 Å². The van der Waals surface area contributed by atoms with Crippen molar-refractivity contribution in [2.45, 2.75) is 73.1 Å². The predicted molar refractivity (Wildman–Crippen MR) is 84.9 cm³/mol. The average Bonchev–Trinajstić information content (AvgIpc) is 2.38. The van der Waals surface area contributed by atoms with E-state index in [1.54, 1.807) is 5.57 Å². The van der Waals surface area contributed by atoms with Crippen molar-refractivity contribution in [3.8, 4) is 0 Å². The summed E-state index contributed by atoms with van der Waals surface area (Å²) in [6.45, 7) is 10.6. The first kappa shape index (κ1) is 17.2. The first-order valence-electron chi connectivity index (χ1n) is 7.75. The molecular weight excluding hydrogens is 216 g/mol. The maximum absolute atomic E-state index is 2.43. The van der Waals surface area contributed by atoms with Gasteiger partial charge in [0.2, 0.25) is 0 Å². The summed E-state index contributed by atoms with van der Waals surface area (Å²) in [6.07, 6.45) is 17.2. The SMILES string of the molecule is CC.CC=CCC1C=C(C)C=C(CCCCC)C1. The number of rotatable bonds is 6. The highest BCUT2D eigenvalue weighted by Crippen LogP contribution is 2.28. The van der Waals surface area contributed by atoms with Crippen LogP contribution in [0.4, 0.5) is 0 Å². The second-order valence-electron chi connectivity index (χ2n) is 4.94. The van der Waals surface area contributed by atoms with Gasteiger partial charge in [-0.25, -0.2) is 0 Å². The third kappa shape index (κ3) is 7.53. The zero-order valence-corrected chi connectivity index (χ0v) is 13.1. The molecule has 0 aliphatic heterocycles. The van der Waals surface area contributed by atoms with Crippen molar-refractivity contribution >= 4 is 0 Å². The van der Waals surface area contributed by atoms with Gasteiger partial charge in [-0.15, -0.1) is 0 Å². The Balaban J connectivity index is 0.00000137. The van der Waals surface area contributed by atoms with Gasteiger partial charge in [-0.2, -0.15) is 0 Å². The van der Waals surface area contributed by atoms with E-state index in [1.807, 2.05) is 13.8 Å². The minimum absolute atomic E-state index is 0.748. The number of hydrogen-bond acceptors (Lipinski definition) is 0. The Labute approximate surface area is 115 Å². The van der Waals surface area contributed by atoms with Gasteiger partial charge < -0.3 is 0 Å². The van der Waals surface area contributed by atoms with Crippen LogP contribution in [0.25, 0.3) is 0 Å². The molecular formula is C18H32. The lowest BCUT2D eigenvalue weighted by Crippen LogP contribution is -2.03. The lowest BCUT2D eigenvalue weighted by Gasteiger charge is -2.19. The summed E-state index contributed by atoms with van der Waals surface area (Å²) in [5, 5.41) is 0. The molecule has 18 heavy (non-hydrogen) atoms. The van der Waals surface area contributed by atoms with Crippen molar-refractivity contribution in [3.63, 3.8) is 0 Å². The summed E-state index contributed by atoms with van der Waals surface area (Å²) in [5.74, 6) is 0.748. The molecule has 0 fully saturated rings. The van der Waals surface area contributed by atoms with Crippen molar-refractivity contribution in [3.05, 3.63) is 35.5 Å². The summed E-state index contributed by atoms with van der Waals surface area (Å²) < 4.78 is 0. The van der Waals surface area contributed by atoms with Gasteiger partial charge in [-0.3, -0.25) is 0 Å². The molecule has 0 saturated carbocycles. The van der Waals surface area contributed by atoms with Gasteiger partial charge in [0.1, 0.15) is 0 Å². The Kier molecular flexibility index (Phi) is 10.8. The second-order valence-corrected chi connectivity index (χ2v) is 4.94. The molecule has 1 atom stereocenters. The summed E-state index contributed by atoms with van der Waals surface area (Å²) in [6, 6.07) is 0. The summed E-state index contributed by atoms with van der Waals surface area (Å²) in [5.41, 5.74) is 3.13. The van der Waals surface area contributed by atoms with Crippen LogP contribution >= 0.6 is 0 Å². The Morgan fingerprint density at radius 2 is 2.00 bits per heavy atom. The van der Waals surface area contributed by atoms with Crippen molar-refractivity contribution in [1.29, 1.82) is 0 Å². The van der Waals surface area contributed by atoms with E-state index < -0.39 is 0 Å². The monoisotopic (exact) mass is 248 g/mol. The quantitative estimate of drug-likeness (QED) is 0.374. The number of allylic oxidation sites excluding steroid dienone is 6. The smallest absolute Gasteiger partial charge is 0.0156 e. The van der Waals surface area contributed by atoms with E-state index in [2.05, 4.69) is 45.1 Å². The van der Waals surface area contributed by atoms with Gasteiger partial charge in [-0.05, 0) is 45.4 Å². The van der Waals surface area contributed by atoms with Crippen molar-refractivity contribution in [1.82, 2.24) is 0 Å². The van der Waals surface area contributed by atoms with Crippen LogP contribution in [0, 0.1) is 5.92 Å². The molecule has 0 aromatic rings. The molecule has 0 heterocycles. The Morgan fingerprint density at radius 1 is 1.28 bits per heavy atom. The predicted octanol–water partition coefficient (Wildman–Crippen LogP) is 6.45. The van der Waals surface area contributed by atoms with Gasteiger partial charge >= 0.3 is 0 Å². The molecule has 0 aromatic heterocycles. The molecule has 0 heteroatoms. The van der Waals surface area contributed by atoms with Gasteiger partial charge in [0.25, 0.3) is 0 Å². The van der Waals surface area contributed by atoms with Crippen molar-refractivity contribution in [2.75, 3.05) is 0 Å². The van der Waals surface area contributed by atoms with Crippen LogP contribution in [-0.4, -0.2) is 0 Å². The van der Waals surface area contributed by atoms with Gasteiger partial charge in [0, 0.05) is 0 Å². The molecule has 0 spiro atoms. The molecule has 1 aliphatic rings. The number of hydrogen-bond donors (Lipinski definition) is 0. The molecule has 1 aliphatic carbocycles. The number of unbranched alkanes of at least 4 members (excludes halogenated alkanes) is 2. The Hall–Kier alpha value is -0.780. The van der Waals surface area contributed by atoms with E-state index in [1.165, 1.54) is 44.1 Å². The van der Waals surface area contributed by atoms with Gasteiger partial charge in [0.05, 0.1) is 0 Å². The lowest BCUT2D eigenvalue weighted by atomic mass is 9.86. The fourth-order valence-electron chi connectivity index (χ4n) is 2.44. The Bertz CT molecular complexity index is 278. The van der Waals surface area contributed by atoms with Crippen molar-refractivity contribution in [2.24, 2.45) is 5.92 Å². The zero-order valence-electron chi connectivity index (χ0n) is 13.1. The summed E-state index contributed by atoms with van der Waals surface area (Å²) >= 11 is 0. The molecule has 0 nitrogen and oxygen atoms in total. The van der Waals surface area contributed by atoms with Crippen LogP contribution in [0.3, 0.4) is 0 Å². The highest BCUT2D eigenvalue weighted by Gasteiger charge is 2.12. The maximum Gasteiger partial charge on any atom is -0.0156 e. The second kappa shape index (κ2) is 11.3. The molecule has 0 radical (unpaired) electrons. The van der Waals surface area contributed by atoms with Crippen LogP contribution in [0.15, 0.2) is 35.5 Å². The summed E-state index contributed by atoms with van der Waals surface area (Å²) in [4.78, 5) is 0. The van der Waals surface area contributed by atoms with Crippen LogP contribution in [0.2, 0.25) is 0 Å². The molecule has 104 valence electrons. The molecule has 0 aromatic carbocycles. The minimum Gasteiger partial charge on any atom is -0.0916 e. The summed E-state index contributed by atoms with van der Waals surface area (Å²) in [7, 11) is 0. The van der Waals surface area contributed by atoms with Gasteiger partial charge in [0.15, 0.2) is 0 Å². The van der Waals surface area contributed by atoms with Crippen molar-refractivity contribution < 1.29 is 0 Å². The highest BCUT2D eigenvalue weighted by atomic mass is 14.2. The lowest BCUT2D eigenvalue weighted by molar-refractivity contribution is 0.603. The Morgan fingerprint density at radius 3 is 2.61 bits per heavy atom. The third-order valence-electron chi connectivity index (χ3n) is 3.23. The van der Waals surface area contributed by atoms with Crippen LogP contribution < -0.4 is 0 Å². The van der Waals surface area contributed by atoms with Crippen LogP contribution in [0.5, 0.6) is 0 Å². The molecule has 1 unspecified atom stereocenters. The van der Waals surface area contributed by atoms with E-state index >= 15 is 0 Å². The zero-order chi connectivity index (χ0) is 13.8. The minimum atomic E-state index is 0.748. The van der Waals surface area contributed by atoms with Crippen LogP contribution in [-0.2, 0) is 0 Å². The average molecular weight is 248 g/mol. The van der Waals surface area contributed by atoms with E-state index in [4.69, 9.17) is 0 Å². The molecule has 0 N–H and O–H groups in total. The molecule has 0 saturated heterocycles. The first-order valence-corrected chi connectivity index (χ1v) is 7.75. The first-order chi connectivity index (χ1) is 8.76. The topological polar surface area (TPSA) is 0 Å². The molecule has 0 amide bonds. The van der Waals surface area contributed by atoms with E-state index in [9.17, 15) is 0 Å². The largest absolute Gasteiger partial charge is 0.0916 e. The molecule has 0 bridgehead atoms. The molecule has 1 rings (SSSR count).